The van der Waals surface area contributed by atoms with Gasteiger partial charge in [-0.3, -0.25) is 9.78 Å². The molecule has 22 heavy (non-hydrogen) atoms. The van der Waals surface area contributed by atoms with E-state index in [0.29, 0.717) is 23.6 Å². The maximum Gasteiger partial charge on any atom is 0.269 e. The summed E-state index contributed by atoms with van der Waals surface area (Å²) in [7, 11) is 0. The lowest BCUT2D eigenvalue weighted by Crippen LogP contribution is -2.25. The molecule has 0 saturated heterocycles. The number of benzene rings is 1. The van der Waals surface area contributed by atoms with Gasteiger partial charge in [-0.05, 0) is 30.7 Å². The van der Waals surface area contributed by atoms with Crippen LogP contribution in [-0.4, -0.2) is 17.4 Å². The molecule has 0 aliphatic rings. The van der Waals surface area contributed by atoms with E-state index in [-0.39, 0.29) is 11.7 Å². The zero-order valence-electron chi connectivity index (χ0n) is 12.6. The molecule has 0 atom stereocenters. The second-order valence-electron chi connectivity index (χ2n) is 5.00. The first kappa shape index (κ1) is 15.9. The lowest BCUT2D eigenvalue weighted by Gasteiger charge is -2.09. The largest absolute Gasteiger partial charge is 0.353 e. The quantitative estimate of drug-likeness (QED) is 0.763. The molecule has 2 N–H and O–H groups in total. The molecule has 116 valence electrons. The standard InChI is InChI=1S/C17H20FN3O/c1-2-3-6-10-20-17(22)16-12-13(9-11-19-16)21-15-8-5-4-7-14(15)18/h4-5,7-9,11-12H,2-3,6,10H2,1H3,(H,19,21)(H,20,22). The Kier molecular flexibility index (Phi) is 5.89. The van der Waals surface area contributed by atoms with Gasteiger partial charge in [0.25, 0.3) is 5.91 Å². The highest BCUT2D eigenvalue weighted by atomic mass is 19.1. The molecule has 0 saturated carbocycles. The second-order valence-corrected chi connectivity index (χ2v) is 5.00. The normalized spacial score (nSPS) is 10.3. The van der Waals surface area contributed by atoms with E-state index in [1.54, 1.807) is 30.3 Å². The van der Waals surface area contributed by atoms with Crippen molar-refractivity contribution in [3.05, 3.63) is 54.1 Å². The Morgan fingerprint density at radius 3 is 2.82 bits per heavy atom. The van der Waals surface area contributed by atoms with Crippen LogP contribution in [0.2, 0.25) is 0 Å². The number of carbonyl (C=O) groups is 1. The van der Waals surface area contributed by atoms with Crippen LogP contribution in [0.25, 0.3) is 0 Å². The Morgan fingerprint density at radius 1 is 1.23 bits per heavy atom. The van der Waals surface area contributed by atoms with E-state index >= 15 is 0 Å². The van der Waals surface area contributed by atoms with Crippen LogP contribution in [0, 0.1) is 5.82 Å². The Labute approximate surface area is 129 Å². The molecule has 0 fully saturated rings. The lowest BCUT2D eigenvalue weighted by atomic mass is 10.2. The average Bonchev–Trinajstić information content (AvgIpc) is 2.54. The van der Waals surface area contributed by atoms with E-state index in [1.165, 1.54) is 12.3 Å². The molecular weight excluding hydrogens is 281 g/mol. The molecule has 5 heteroatoms. The number of aromatic nitrogens is 1. The molecule has 1 amide bonds. The highest BCUT2D eigenvalue weighted by Crippen LogP contribution is 2.19. The molecule has 2 aromatic rings. The van der Waals surface area contributed by atoms with Gasteiger partial charge in [0.1, 0.15) is 11.5 Å². The van der Waals surface area contributed by atoms with Gasteiger partial charge in [-0.15, -0.1) is 0 Å². The molecule has 2 rings (SSSR count). The third-order valence-electron chi connectivity index (χ3n) is 3.21. The third kappa shape index (κ3) is 4.55. The summed E-state index contributed by atoms with van der Waals surface area (Å²) in [4.78, 5) is 16.1. The molecule has 0 aliphatic carbocycles. The van der Waals surface area contributed by atoms with Crippen LogP contribution in [0.4, 0.5) is 15.8 Å². The molecular formula is C17H20FN3O. The van der Waals surface area contributed by atoms with E-state index in [4.69, 9.17) is 0 Å². The van der Waals surface area contributed by atoms with Gasteiger partial charge in [0.05, 0.1) is 5.69 Å². The monoisotopic (exact) mass is 301 g/mol. The summed E-state index contributed by atoms with van der Waals surface area (Å²) in [6, 6.07) is 9.70. The molecule has 4 nitrogen and oxygen atoms in total. The topological polar surface area (TPSA) is 54.0 Å². The minimum absolute atomic E-state index is 0.215. The fourth-order valence-electron chi connectivity index (χ4n) is 2.02. The van der Waals surface area contributed by atoms with Crippen LogP contribution in [-0.2, 0) is 0 Å². The fraction of sp³-hybridized carbons (Fsp3) is 0.294. The summed E-state index contributed by atoms with van der Waals surface area (Å²) < 4.78 is 13.6. The predicted octanol–water partition coefficient (Wildman–Crippen LogP) is 3.88. The summed E-state index contributed by atoms with van der Waals surface area (Å²) in [5, 5.41) is 5.78. The van der Waals surface area contributed by atoms with Crippen molar-refractivity contribution in [3.63, 3.8) is 0 Å². The first-order valence-electron chi connectivity index (χ1n) is 7.46. The fourth-order valence-corrected chi connectivity index (χ4v) is 2.02. The summed E-state index contributed by atoms with van der Waals surface area (Å²) in [5.41, 5.74) is 1.31. The summed E-state index contributed by atoms with van der Waals surface area (Å²) in [6.07, 6.45) is 4.68. The number of nitrogens with one attached hydrogen (secondary N) is 2. The van der Waals surface area contributed by atoms with Crippen LogP contribution in [0.5, 0.6) is 0 Å². The summed E-state index contributed by atoms with van der Waals surface area (Å²) in [6.45, 7) is 2.75. The van der Waals surface area contributed by atoms with Gasteiger partial charge in [0.15, 0.2) is 0 Å². The van der Waals surface area contributed by atoms with Gasteiger partial charge in [0, 0.05) is 18.4 Å². The smallest absolute Gasteiger partial charge is 0.269 e. The molecule has 0 spiro atoms. The van der Waals surface area contributed by atoms with Gasteiger partial charge in [-0.25, -0.2) is 4.39 Å². The van der Waals surface area contributed by atoms with Crippen molar-refractivity contribution < 1.29 is 9.18 Å². The van der Waals surface area contributed by atoms with Crippen molar-refractivity contribution in [1.82, 2.24) is 10.3 Å². The van der Waals surface area contributed by atoms with Crippen LogP contribution >= 0.6 is 0 Å². The minimum Gasteiger partial charge on any atom is -0.353 e. The molecule has 1 aromatic carbocycles. The number of anilines is 2. The van der Waals surface area contributed by atoms with Gasteiger partial charge in [-0.1, -0.05) is 31.9 Å². The van der Waals surface area contributed by atoms with Crippen LogP contribution in [0.3, 0.4) is 0 Å². The Morgan fingerprint density at radius 2 is 2.05 bits per heavy atom. The van der Waals surface area contributed by atoms with Gasteiger partial charge in [0.2, 0.25) is 0 Å². The Hall–Kier alpha value is -2.43. The number of hydrogen-bond donors (Lipinski definition) is 2. The van der Waals surface area contributed by atoms with Gasteiger partial charge in [-0.2, -0.15) is 0 Å². The second kappa shape index (κ2) is 8.12. The average molecular weight is 301 g/mol. The number of rotatable bonds is 7. The van der Waals surface area contributed by atoms with Crippen molar-refractivity contribution in [2.45, 2.75) is 26.2 Å². The first-order chi connectivity index (χ1) is 10.7. The number of halogens is 1. The number of hydrogen-bond acceptors (Lipinski definition) is 3. The van der Waals surface area contributed by atoms with E-state index in [2.05, 4.69) is 22.5 Å². The maximum absolute atomic E-state index is 13.6. The number of unbranched alkanes of at least 4 members (excludes halogenated alkanes) is 2. The van der Waals surface area contributed by atoms with Crippen molar-refractivity contribution in [1.29, 1.82) is 0 Å². The highest BCUT2D eigenvalue weighted by molar-refractivity contribution is 5.93. The van der Waals surface area contributed by atoms with Gasteiger partial charge >= 0.3 is 0 Å². The lowest BCUT2D eigenvalue weighted by molar-refractivity contribution is 0.0948. The van der Waals surface area contributed by atoms with Crippen molar-refractivity contribution >= 4 is 17.3 Å². The van der Waals surface area contributed by atoms with Crippen LogP contribution in [0.15, 0.2) is 42.6 Å². The maximum atomic E-state index is 13.6. The van der Waals surface area contributed by atoms with Crippen molar-refractivity contribution in [3.8, 4) is 0 Å². The van der Waals surface area contributed by atoms with Crippen LogP contribution in [0.1, 0.15) is 36.7 Å². The molecule has 1 heterocycles. The molecule has 0 bridgehead atoms. The van der Waals surface area contributed by atoms with Gasteiger partial charge < -0.3 is 10.6 Å². The Bertz CT molecular complexity index is 631. The third-order valence-corrected chi connectivity index (χ3v) is 3.21. The zero-order valence-corrected chi connectivity index (χ0v) is 12.6. The van der Waals surface area contributed by atoms with Crippen molar-refractivity contribution in [2.24, 2.45) is 0 Å². The number of nitrogens with zero attached hydrogens (tertiary/aromatic N) is 1. The first-order valence-corrected chi connectivity index (χ1v) is 7.46. The zero-order chi connectivity index (χ0) is 15.8. The minimum atomic E-state index is -0.343. The van der Waals surface area contributed by atoms with Crippen LogP contribution < -0.4 is 10.6 Å². The van der Waals surface area contributed by atoms with E-state index in [9.17, 15) is 9.18 Å². The molecule has 1 aromatic heterocycles. The van der Waals surface area contributed by atoms with E-state index < -0.39 is 0 Å². The number of amides is 1. The molecule has 0 radical (unpaired) electrons. The number of carbonyl (C=O) groups excluding carboxylic acids is 1. The highest BCUT2D eigenvalue weighted by Gasteiger charge is 2.08. The summed E-state index contributed by atoms with van der Waals surface area (Å²) in [5.74, 6) is -0.557. The SMILES string of the molecule is CCCCCNC(=O)c1cc(Nc2ccccc2F)ccn1. The molecule has 0 unspecified atom stereocenters. The summed E-state index contributed by atoms with van der Waals surface area (Å²) >= 11 is 0. The predicted molar refractivity (Wildman–Crippen MR) is 85.8 cm³/mol. The van der Waals surface area contributed by atoms with Crippen molar-refractivity contribution in [2.75, 3.05) is 11.9 Å². The number of pyridine rings is 1. The Balaban J connectivity index is 2.00. The molecule has 0 aliphatic heterocycles. The van der Waals surface area contributed by atoms with E-state index in [1.807, 2.05) is 0 Å². The van der Waals surface area contributed by atoms with E-state index in [0.717, 1.165) is 19.3 Å². The number of para-hydroxylation sites is 1.